The van der Waals surface area contributed by atoms with E-state index in [0.717, 1.165) is 16.9 Å². The van der Waals surface area contributed by atoms with Crippen molar-refractivity contribution in [3.05, 3.63) is 59.2 Å². The van der Waals surface area contributed by atoms with E-state index in [1.165, 1.54) is 0 Å². The molecule has 0 saturated carbocycles. The Labute approximate surface area is 178 Å². The number of nitrogens with one attached hydrogen (secondary N) is 1. The molecule has 0 fully saturated rings. The van der Waals surface area contributed by atoms with Crippen LogP contribution in [-0.4, -0.2) is 36.1 Å². The molecule has 2 aromatic carbocycles. The second-order valence-electron chi connectivity index (χ2n) is 8.01. The number of hydrogen-bond donors (Lipinski definition) is 1. The topological polar surface area (TPSA) is 67.9 Å². The number of benzene rings is 2. The second-order valence-corrected chi connectivity index (χ2v) is 8.01. The molecule has 0 aliphatic carbocycles. The Morgan fingerprint density at radius 3 is 2.53 bits per heavy atom. The van der Waals surface area contributed by atoms with Gasteiger partial charge in [0.25, 0.3) is 5.91 Å². The van der Waals surface area contributed by atoms with Crippen molar-refractivity contribution in [2.75, 3.05) is 13.3 Å². The Morgan fingerprint density at radius 2 is 1.83 bits per heavy atom. The van der Waals surface area contributed by atoms with Gasteiger partial charge in [-0.3, -0.25) is 9.59 Å². The first-order valence-corrected chi connectivity index (χ1v) is 10.4. The van der Waals surface area contributed by atoms with Gasteiger partial charge in [-0.05, 0) is 55.5 Å². The molecular formula is C24H30N2O4. The van der Waals surface area contributed by atoms with Crippen molar-refractivity contribution in [1.82, 2.24) is 10.2 Å². The standard InChI is InChI=1S/C24H30N2O4/c1-5-26(14-18-10-11-21-22(13-18)30-15-29-21)24(28)20(12-16(2)3)25-23(27)19-9-7-6-8-17(19)4/h6-11,13,16,20H,5,12,14-15H2,1-4H3,(H,25,27). The molecule has 0 radical (unpaired) electrons. The highest BCUT2D eigenvalue weighted by Crippen LogP contribution is 2.32. The smallest absolute Gasteiger partial charge is 0.252 e. The minimum Gasteiger partial charge on any atom is -0.454 e. The highest BCUT2D eigenvalue weighted by molar-refractivity contribution is 5.98. The molecule has 0 aromatic heterocycles. The van der Waals surface area contributed by atoms with E-state index < -0.39 is 6.04 Å². The van der Waals surface area contributed by atoms with Crippen molar-refractivity contribution in [2.45, 2.75) is 46.7 Å². The molecule has 3 rings (SSSR count). The summed E-state index contributed by atoms with van der Waals surface area (Å²) >= 11 is 0. The Bertz CT molecular complexity index is 910. The minimum atomic E-state index is -0.578. The van der Waals surface area contributed by atoms with Crippen LogP contribution in [-0.2, 0) is 11.3 Å². The lowest BCUT2D eigenvalue weighted by molar-refractivity contribution is -0.134. The van der Waals surface area contributed by atoms with E-state index in [2.05, 4.69) is 5.32 Å². The predicted molar refractivity (Wildman–Crippen MR) is 116 cm³/mol. The fourth-order valence-electron chi connectivity index (χ4n) is 3.58. The maximum atomic E-state index is 13.4. The highest BCUT2D eigenvalue weighted by atomic mass is 16.7. The second kappa shape index (κ2) is 9.65. The zero-order valence-corrected chi connectivity index (χ0v) is 18.1. The van der Waals surface area contributed by atoms with Gasteiger partial charge in [0.1, 0.15) is 6.04 Å². The van der Waals surface area contributed by atoms with Gasteiger partial charge >= 0.3 is 0 Å². The van der Waals surface area contributed by atoms with Crippen LogP contribution in [0.4, 0.5) is 0 Å². The Balaban J connectivity index is 1.75. The zero-order chi connectivity index (χ0) is 21.7. The molecule has 1 aliphatic heterocycles. The fraction of sp³-hybridized carbons (Fsp3) is 0.417. The molecule has 2 aromatic rings. The molecule has 1 heterocycles. The van der Waals surface area contributed by atoms with Crippen LogP contribution in [0.5, 0.6) is 11.5 Å². The van der Waals surface area contributed by atoms with E-state index in [1.54, 1.807) is 11.0 Å². The fourth-order valence-corrected chi connectivity index (χ4v) is 3.58. The van der Waals surface area contributed by atoms with Crippen LogP contribution in [0, 0.1) is 12.8 Å². The quantitative estimate of drug-likeness (QED) is 0.716. The third kappa shape index (κ3) is 5.12. The van der Waals surface area contributed by atoms with E-state index >= 15 is 0 Å². The van der Waals surface area contributed by atoms with E-state index in [-0.39, 0.29) is 24.5 Å². The summed E-state index contributed by atoms with van der Waals surface area (Å²) in [7, 11) is 0. The van der Waals surface area contributed by atoms with Crippen LogP contribution >= 0.6 is 0 Å². The first-order chi connectivity index (χ1) is 14.4. The number of likely N-dealkylation sites (N-methyl/N-ethyl adjacent to an activating group) is 1. The van der Waals surface area contributed by atoms with Gasteiger partial charge in [-0.25, -0.2) is 0 Å². The van der Waals surface area contributed by atoms with Crippen LogP contribution in [0.2, 0.25) is 0 Å². The molecule has 160 valence electrons. The first-order valence-electron chi connectivity index (χ1n) is 10.4. The highest BCUT2D eigenvalue weighted by Gasteiger charge is 2.27. The van der Waals surface area contributed by atoms with Crippen molar-refractivity contribution in [2.24, 2.45) is 5.92 Å². The Kier molecular flexibility index (Phi) is 6.98. The summed E-state index contributed by atoms with van der Waals surface area (Å²) in [5, 5.41) is 2.97. The van der Waals surface area contributed by atoms with E-state index in [4.69, 9.17) is 9.47 Å². The van der Waals surface area contributed by atoms with Gasteiger partial charge in [0.2, 0.25) is 12.7 Å². The van der Waals surface area contributed by atoms with Gasteiger partial charge in [-0.1, -0.05) is 38.1 Å². The zero-order valence-electron chi connectivity index (χ0n) is 18.1. The molecule has 0 spiro atoms. The largest absolute Gasteiger partial charge is 0.454 e. The molecule has 1 atom stereocenters. The van der Waals surface area contributed by atoms with E-state index in [0.29, 0.717) is 30.8 Å². The Morgan fingerprint density at radius 1 is 1.10 bits per heavy atom. The molecular weight excluding hydrogens is 380 g/mol. The van der Waals surface area contributed by atoms with Gasteiger partial charge in [-0.15, -0.1) is 0 Å². The molecule has 30 heavy (non-hydrogen) atoms. The van der Waals surface area contributed by atoms with Crippen molar-refractivity contribution in [1.29, 1.82) is 0 Å². The van der Waals surface area contributed by atoms with Crippen LogP contribution < -0.4 is 14.8 Å². The summed E-state index contributed by atoms with van der Waals surface area (Å²) in [4.78, 5) is 28.0. The van der Waals surface area contributed by atoms with Gasteiger partial charge in [0, 0.05) is 18.7 Å². The van der Waals surface area contributed by atoms with E-state index in [9.17, 15) is 9.59 Å². The predicted octanol–water partition coefficient (Wildman–Crippen LogP) is 3.92. The van der Waals surface area contributed by atoms with Gasteiger partial charge in [0.15, 0.2) is 11.5 Å². The summed E-state index contributed by atoms with van der Waals surface area (Å²) in [6.45, 7) is 9.15. The van der Waals surface area contributed by atoms with Gasteiger partial charge in [0.05, 0.1) is 0 Å². The van der Waals surface area contributed by atoms with Crippen molar-refractivity contribution >= 4 is 11.8 Å². The summed E-state index contributed by atoms with van der Waals surface area (Å²) in [5.74, 6) is 1.39. The number of hydrogen-bond acceptors (Lipinski definition) is 4. The lowest BCUT2D eigenvalue weighted by Gasteiger charge is -2.28. The van der Waals surface area contributed by atoms with Crippen molar-refractivity contribution in [3.8, 4) is 11.5 Å². The molecule has 0 bridgehead atoms. The van der Waals surface area contributed by atoms with Crippen molar-refractivity contribution in [3.63, 3.8) is 0 Å². The molecule has 1 N–H and O–H groups in total. The van der Waals surface area contributed by atoms with Crippen LogP contribution in [0.15, 0.2) is 42.5 Å². The number of ether oxygens (including phenoxy) is 2. The number of carbonyl (C=O) groups is 2. The first kappa shape index (κ1) is 21.7. The van der Waals surface area contributed by atoms with Crippen molar-refractivity contribution < 1.29 is 19.1 Å². The average molecular weight is 411 g/mol. The molecule has 0 saturated heterocycles. The minimum absolute atomic E-state index is 0.0780. The average Bonchev–Trinajstić information content (AvgIpc) is 3.18. The molecule has 1 aliphatic rings. The Hall–Kier alpha value is -3.02. The van der Waals surface area contributed by atoms with Crippen LogP contribution in [0.3, 0.4) is 0 Å². The maximum absolute atomic E-state index is 13.4. The van der Waals surface area contributed by atoms with E-state index in [1.807, 2.05) is 64.1 Å². The number of amides is 2. The number of rotatable bonds is 8. The lowest BCUT2D eigenvalue weighted by Crippen LogP contribution is -2.49. The number of carbonyl (C=O) groups excluding carboxylic acids is 2. The molecule has 6 nitrogen and oxygen atoms in total. The molecule has 6 heteroatoms. The van der Waals surface area contributed by atoms with Gasteiger partial charge < -0.3 is 19.7 Å². The SMILES string of the molecule is CCN(Cc1ccc2c(c1)OCO2)C(=O)C(CC(C)C)NC(=O)c1ccccc1C. The summed E-state index contributed by atoms with van der Waals surface area (Å²) < 4.78 is 10.8. The third-order valence-corrected chi connectivity index (χ3v) is 5.20. The van der Waals surface area contributed by atoms with Crippen LogP contribution in [0.1, 0.15) is 48.7 Å². The number of fused-ring (bicyclic) bond motifs is 1. The summed E-state index contributed by atoms with van der Waals surface area (Å²) in [6.07, 6.45) is 0.577. The van der Waals surface area contributed by atoms with Crippen LogP contribution in [0.25, 0.3) is 0 Å². The third-order valence-electron chi connectivity index (χ3n) is 5.20. The number of aryl methyl sites for hydroxylation is 1. The normalized spacial score (nSPS) is 13.2. The lowest BCUT2D eigenvalue weighted by atomic mass is 10.0. The summed E-state index contributed by atoms with van der Waals surface area (Å²) in [6, 6.07) is 12.5. The molecule has 2 amide bonds. The summed E-state index contributed by atoms with van der Waals surface area (Å²) in [5.41, 5.74) is 2.44. The monoisotopic (exact) mass is 410 g/mol. The maximum Gasteiger partial charge on any atom is 0.252 e. The molecule has 1 unspecified atom stereocenters. The number of nitrogens with zero attached hydrogens (tertiary/aromatic N) is 1. The van der Waals surface area contributed by atoms with Gasteiger partial charge in [-0.2, -0.15) is 0 Å².